The fraction of sp³-hybridized carbons (Fsp3) is 0.581. The van der Waals surface area contributed by atoms with Crippen molar-refractivity contribution in [2.24, 2.45) is 23.2 Å². The summed E-state index contributed by atoms with van der Waals surface area (Å²) in [5.74, 6) is -7.03. The average molecular weight is 553 g/mol. The van der Waals surface area contributed by atoms with Crippen LogP contribution in [0.1, 0.15) is 78.1 Å². The Kier molecular flexibility index (Phi) is 7.70. The molecule has 3 heterocycles. The quantitative estimate of drug-likeness (QED) is 0.161. The number of hydrogen-bond acceptors (Lipinski definition) is 8. The number of carbonyl (C=O) groups is 5. The lowest BCUT2D eigenvalue weighted by atomic mass is 9.59. The number of ketones is 1. The number of carboxylic acids is 1. The first-order valence-electron chi connectivity index (χ1n) is 14.3. The lowest BCUT2D eigenvalue weighted by molar-refractivity contribution is -0.268. The van der Waals surface area contributed by atoms with Crippen LogP contribution in [-0.4, -0.2) is 46.7 Å². The van der Waals surface area contributed by atoms with Crippen molar-refractivity contribution in [2.75, 3.05) is 0 Å². The molecular formula is C31H36O9. The van der Waals surface area contributed by atoms with Gasteiger partial charge in [0.1, 0.15) is 11.5 Å². The molecule has 0 saturated carbocycles. The Bertz CT molecular complexity index is 1250. The molecular weight excluding hydrogens is 516 g/mol. The number of cyclic esters (lactones) is 2. The summed E-state index contributed by atoms with van der Waals surface area (Å²) in [4.78, 5) is 65.1. The fourth-order valence-electron chi connectivity index (χ4n) is 7.40. The van der Waals surface area contributed by atoms with Gasteiger partial charge in [0.15, 0.2) is 5.78 Å². The number of carbonyl (C=O) groups excluding carboxylic acids is 4. The Labute approximate surface area is 233 Å². The molecule has 2 saturated heterocycles. The normalized spacial score (nSPS) is 34.1. The maximum absolute atomic E-state index is 13.7. The summed E-state index contributed by atoms with van der Waals surface area (Å²) in [6.07, 6.45) is 13.6. The number of allylic oxidation sites excluding steroid dienone is 5. The number of unbranched alkanes of at least 4 members (excludes halogenated alkanes) is 3. The van der Waals surface area contributed by atoms with Gasteiger partial charge in [0.05, 0.1) is 23.5 Å². The van der Waals surface area contributed by atoms with E-state index < -0.39 is 53.5 Å². The zero-order valence-electron chi connectivity index (χ0n) is 23.0. The van der Waals surface area contributed by atoms with E-state index in [1.54, 1.807) is 0 Å². The summed E-state index contributed by atoms with van der Waals surface area (Å²) >= 11 is 0. The van der Waals surface area contributed by atoms with Gasteiger partial charge in [-0.15, -0.1) is 0 Å². The first kappa shape index (κ1) is 28.2. The van der Waals surface area contributed by atoms with E-state index in [1.165, 1.54) is 0 Å². The topological polar surface area (TPSA) is 133 Å². The number of aliphatic carboxylic acids is 1. The second-order valence-corrected chi connectivity index (χ2v) is 11.5. The van der Waals surface area contributed by atoms with Gasteiger partial charge in [0.25, 0.3) is 0 Å². The molecule has 6 atom stereocenters. The highest BCUT2D eigenvalue weighted by molar-refractivity contribution is 6.14. The molecule has 9 nitrogen and oxygen atoms in total. The molecule has 2 fully saturated rings. The van der Waals surface area contributed by atoms with Crippen molar-refractivity contribution < 1.29 is 43.3 Å². The summed E-state index contributed by atoms with van der Waals surface area (Å²) in [5, 5.41) is 9.90. The highest BCUT2D eigenvalue weighted by Crippen LogP contribution is 2.67. The van der Waals surface area contributed by atoms with Gasteiger partial charge in [0.2, 0.25) is 5.79 Å². The predicted octanol–water partition coefficient (Wildman–Crippen LogP) is 4.51. The lowest BCUT2D eigenvalue weighted by Crippen LogP contribution is -2.59. The van der Waals surface area contributed by atoms with Crippen molar-refractivity contribution >= 4 is 29.7 Å². The molecule has 1 N–H and O–H groups in total. The van der Waals surface area contributed by atoms with Gasteiger partial charge in [-0.05, 0) is 57.8 Å². The van der Waals surface area contributed by atoms with Gasteiger partial charge in [0, 0.05) is 18.4 Å². The van der Waals surface area contributed by atoms with Gasteiger partial charge in [-0.3, -0.25) is 14.4 Å². The van der Waals surface area contributed by atoms with Crippen molar-refractivity contribution in [3.63, 3.8) is 0 Å². The molecule has 0 amide bonds. The Morgan fingerprint density at radius 2 is 1.80 bits per heavy atom. The second kappa shape index (κ2) is 10.9. The largest absolute Gasteiger partial charge is 0.481 e. The Morgan fingerprint density at radius 1 is 1.05 bits per heavy atom. The molecule has 0 unspecified atom stereocenters. The summed E-state index contributed by atoms with van der Waals surface area (Å²) in [6.45, 7) is 3.86. The van der Waals surface area contributed by atoms with Crippen molar-refractivity contribution in [2.45, 2.75) is 89.9 Å². The number of ether oxygens (including phenoxy) is 3. The van der Waals surface area contributed by atoms with Gasteiger partial charge in [-0.25, -0.2) is 9.59 Å². The van der Waals surface area contributed by atoms with E-state index in [4.69, 9.17) is 14.2 Å². The predicted molar refractivity (Wildman–Crippen MR) is 141 cm³/mol. The Morgan fingerprint density at radius 3 is 2.52 bits per heavy atom. The van der Waals surface area contributed by atoms with E-state index >= 15 is 0 Å². The summed E-state index contributed by atoms with van der Waals surface area (Å²) in [6, 6.07) is 0. The molecule has 214 valence electrons. The van der Waals surface area contributed by atoms with E-state index in [0.717, 1.165) is 32.1 Å². The second-order valence-electron chi connectivity index (χ2n) is 11.5. The van der Waals surface area contributed by atoms with E-state index in [0.29, 0.717) is 18.4 Å². The number of rotatable bonds is 12. The van der Waals surface area contributed by atoms with Crippen LogP contribution >= 0.6 is 0 Å². The van der Waals surface area contributed by atoms with Crippen molar-refractivity contribution in [1.29, 1.82) is 0 Å². The third kappa shape index (κ3) is 4.48. The molecule has 40 heavy (non-hydrogen) atoms. The summed E-state index contributed by atoms with van der Waals surface area (Å²) < 4.78 is 17.4. The van der Waals surface area contributed by atoms with Gasteiger partial charge >= 0.3 is 23.9 Å². The number of hydrogen-bond donors (Lipinski definition) is 1. The van der Waals surface area contributed by atoms with Crippen LogP contribution in [0.25, 0.3) is 0 Å². The van der Waals surface area contributed by atoms with Crippen LogP contribution in [0.15, 0.2) is 47.1 Å². The van der Waals surface area contributed by atoms with Crippen LogP contribution in [0.5, 0.6) is 0 Å². The monoisotopic (exact) mass is 552 g/mol. The molecule has 0 aromatic heterocycles. The van der Waals surface area contributed by atoms with Crippen LogP contribution in [-0.2, 0) is 38.2 Å². The van der Waals surface area contributed by atoms with E-state index in [2.05, 4.69) is 6.08 Å². The van der Waals surface area contributed by atoms with Crippen molar-refractivity contribution in [3.05, 3.63) is 47.1 Å². The summed E-state index contributed by atoms with van der Waals surface area (Å²) in [5.41, 5.74) is -1.25. The van der Waals surface area contributed by atoms with Crippen LogP contribution in [0.2, 0.25) is 0 Å². The fourth-order valence-corrected chi connectivity index (χ4v) is 7.40. The Balaban J connectivity index is 1.60. The smallest absolute Gasteiger partial charge is 0.343 e. The molecule has 2 aliphatic carbocycles. The third-order valence-corrected chi connectivity index (χ3v) is 9.11. The first-order valence-corrected chi connectivity index (χ1v) is 14.3. The standard InChI is InChI=1S/C31H36O9/c1-3-5-7-8-9-11-12-18-14-23-30(17-24(33)34)16-20-25(28(36)38-27(20)35)26-19(18)15-22(21(32)13-10-6-4-2)39-31(23,26)40-29(30)37/h3-6,14,18-19,22,26H,7-13,15-17H2,1-2H3,(H,33,34)/b5-3+,6-4+/t18-,19+,22-,26+,30+,31+/m0/s1. The molecule has 5 aliphatic rings. The molecule has 0 aromatic rings. The molecule has 5 bridgehead atoms. The first-order chi connectivity index (χ1) is 19.2. The number of esters is 3. The lowest BCUT2D eigenvalue weighted by Gasteiger charge is -2.52. The van der Waals surface area contributed by atoms with Crippen LogP contribution < -0.4 is 0 Å². The van der Waals surface area contributed by atoms with Crippen LogP contribution in [0.3, 0.4) is 0 Å². The van der Waals surface area contributed by atoms with Gasteiger partial charge < -0.3 is 19.3 Å². The van der Waals surface area contributed by atoms with Crippen LogP contribution in [0.4, 0.5) is 0 Å². The molecule has 9 heteroatoms. The third-order valence-electron chi connectivity index (χ3n) is 9.11. The molecule has 1 spiro atoms. The van der Waals surface area contributed by atoms with E-state index in [-0.39, 0.29) is 41.6 Å². The Hall–Kier alpha value is -3.33. The molecule has 0 aromatic carbocycles. The van der Waals surface area contributed by atoms with E-state index in [9.17, 15) is 29.1 Å². The van der Waals surface area contributed by atoms with Crippen molar-refractivity contribution in [3.8, 4) is 0 Å². The zero-order valence-corrected chi connectivity index (χ0v) is 23.0. The number of Topliss-reactive ketones (excluding diaryl/α,β-unsaturated/α-hetero) is 1. The maximum Gasteiger partial charge on any atom is 0.343 e. The highest BCUT2D eigenvalue weighted by atomic mass is 16.7. The highest BCUT2D eigenvalue weighted by Gasteiger charge is 2.75. The van der Waals surface area contributed by atoms with Gasteiger partial charge in [-0.2, -0.15) is 0 Å². The minimum atomic E-state index is -1.82. The zero-order chi connectivity index (χ0) is 28.7. The maximum atomic E-state index is 13.7. The SMILES string of the molecule is C/C=C/CCCCC[C@H]1C=C2[C@]3(CC(=O)O)CC4=C(C(=O)OC4=O)[C@H]4[C@@H]1C[C@@H](C(=O)CC/C=C/C)O[C@@]24OC3=O. The van der Waals surface area contributed by atoms with Crippen LogP contribution in [0, 0.1) is 23.2 Å². The number of carboxylic acid groups (broad SMARTS) is 1. The summed E-state index contributed by atoms with van der Waals surface area (Å²) in [7, 11) is 0. The van der Waals surface area contributed by atoms with Gasteiger partial charge in [-0.1, -0.05) is 43.2 Å². The molecule has 3 aliphatic heterocycles. The van der Waals surface area contributed by atoms with E-state index in [1.807, 2.05) is 38.2 Å². The molecule has 5 rings (SSSR count). The molecule has 0 radical (unpaired) electrons. The van der Waals surface area contributed by atoms with Crippen molar-refractivity contribution in [1.82, 2.24) is 0 Å². The minimum absolute atomic E-state index is 0.0270. The minimum Gasteiger partial charge on any atom is -0.481 e. The average Bonchev–Trinajstić information content (AvgIpc) is 3.25.